The van der Waals surface area contributed by atoms with E-state index in [9.17, 15) is 9.90 Å². The number of aliphatic hydroxyl groups is 1. The third-order valence-electron chi connectivity index (χ3n) is 4.92. The quantitative estimate of drug-likeness (QED) is 0.859. The molecule has 0 bridgehead atoms. The zero-order valence-electron chi connectivity index (χ0n) is 15.5. The molecule has 6 nitrogen and oxygen atoms in total. The number of nitrogens with zero attached hydrogens (tertiary/aromatic N) is 3. The van der Waals surface area contributed by atoms with E-state index in [0.29, 0.717) is 44.1 Å². The van der Waals surface area contributed by atoms with Crippen LogP contribution in [0, 0.1) is 5.92 Å². The first-order valence-corrected chi connectivity index (χ1v) is 9.35. The summed E-state index contributed by atoms with van der Waals surface area (Å²) in [5.41, 5.74) is 1.19. The fourth-order valence-corrected chi connectivity index (χ4v) is 3.34. The summed E-state index contributed by atoms with van der Waals surface area (Å²) in [5, 5.41) is 18.3. The minimum atomic E-state index is -0.358. The van der Waals surface area contributed by atoms with E-state index in [1.165, 1.54) is 5.56 Å². The molecule has 2 atom stereocenters. The van der Waals surface area contributed by atoms with Gasteiger partial charge in [-0.25, -0.2) is 0 Å². The molecule has 0 spiro atoms. The molecule has 1 amide bonds. The monoisotopic (exact) mass is 357 g/mol. The van der Waals surface area contributed by atoms with Crippen molar-refractivity contribution < 1.29 is 14.3 Å². The second kappa shape index (κ2) is 8.45. The van der Waals surface area contributed by atoms with Crippen LogP contribution in [0.15, 0.2) is 34.7 Å². The fourth-order valence-electron chi connectivity index (χ4n) is 3.34. The summed E-state index contributed by atoms with van der Waals surface area (Å²) in [6.07, 6.45) is 1.87. The van der Waals surface area contributed by atoms with Gasteiger partial charge in [-0.15, -0.1) is 10.2 Å². The Balaban J connectivity index is 1.53. The smallest absolute Gasteiger partial charge is 0.223 e. The molecule has 140 valence electrons. The number of likely N-dealkylation sites (tertiary alicyclic amines) is 1. The SMILES string of the molecule is CC(C)c1nnc(CCC(=O)N2CC[C@@H](O)[C@H](Cc3ccccc3)C2)o1. The van der Waals surface area contributed by atoms with Crippen molar-refractivity contribution in [3.63, 3.8) is 0 Å². The van der Waals surface area contributed by atoms with Crippen LogP contribution in [0.2, 0.25) is 0 Å². The average molecular weight is 357 g/mol. The maximum atomic E-state index is 12.6. The predicted molar refractivity (Wildman–Crippen MR) is 97.5 cm³/mol. The van der Waals surface area contributed by atoms with Crippen LogP contribution in [0.25, 0.3) is 0 Å². The largest absolute Gasteiger partial charge is 0.425 e. The minimum absolute atomic E-state index is 0.0750. The number of aromatic nitrogens is 2. The zero-order valence-corrected chi connectivity index (χ0v) is 15.5. The number of rotatable bonds is 6. The van der Waals surface area contributed by atoms with Crippen molar-refractivity contribution in [3.05, 3.63) is 47.7 Å². The first kappa shape index (κ1) is 18.6. The number of hydrogen-bond acceptors (Lipinski definition) is 5. The molecule has 2 aromatic rings. The normalized spacial score (nSPS) is 20.5. The number of benzene rings is 1. The van der Waals surface area contributed by atoms with Crippen molar-refractivity contribution >= 4 is 5.91 Å². The molecule has 1 aliphatic rings. The first-order valence-electron chi connectivity index (χ1n) is 9.35. The van der Waals surface area contributed by atoms with Crippen LogP contribution >= 0.6 is 0 Å². The maximum absolute atomic E-state index is 12.6. The summed E-state index contributed by atoms with van der Waals surface area (Å²) in [4.78, 5) is 14.4. The number of carbonyl (C=O) groups is 1. The summed E-state index contributed by atoms with van der Waals surface area (Å²) in [5.74, 6) is 1.47. The van der Waals surface area contributed by atoms with Crippen molar-refractivity contribution in [2.75, 3.05) is 13.1 Å². The number of amides is 1. The van der Waals surface area contributed by atoms with Crippen molar-refractivity contribution in [2.24, 2.45) is 5.92 Å². The van der Waals surface area contributed by atoms with E-state index in [1.54, 1.807) is 0 Å². The number of aryl methyl sites for hydroxylation is 1. The molecule has 6 heteroatoms. The van der Waals surface area contributed by atoms with Crippen molar-refractivity contribution in [2.45, 2.75) is 51.6 Å². The molecule has 0 unspecified atom stereocenters. The number of aliphatic hydroxyl groups excluding tert-OH is 1. The van der Waals surface area contributed by atoms with Gasteiger partial charge < -0.3 is 14.4 Å². The van der Waals surface area contributed by atoms with Crippen molar-refractivity contribution in [1.82, 2.24) is 15.1 Å². The minimum Gasteiger partial charge on any atom is -0.425 e. The third kappa shape index (κ3) is 4.69. The lowest BCUT2D eigenvalue weighted by molar-refractivity contribution is -0.135. The Labute approximate surface area is 154 Å². The molecule has 1 aliphatic heterocycles. The highest BCUT2D eigenvalue weighted by atomic mass is 16.4. The Morgan fingerprint density at radius 2 is 2.08 bits per heavy atom. The standard InChI is InChI=1S/C20H27N3O3/c1-14(2)20-22-21-18(26-20)8-9-19(25)23-11-10-17(24)16(13-23)12-15-6-4-3-5-7-15/h3-7,14,16-17,24H,8-13H2,1-2H3/t16-,17-/m1/s1. The van der Waals surface area contributed by atoms with Gasteiger partial charge in [-0.05, 0) is 18.4 Å². The second-order valence-electron chi connectivity index (χ2n) is 7.33. The van der Waals surface area contributed by atoms with Crippen LogP contribution in [0.3, 0.4) is 0 Å². The van der Waals surface area contributed by atoms with E-state index in [1.807, 2.05) is 36.9 Å². The molecule has 0 radical (unpaired) electrons. The van der Waals surface area contributed by atoms with Crippen LogP contribution in [-0.4, -0.2) is 45.3 Å². The summed E-state index contributed by atoms with van der Waals surface area (Å²) >= 11 is 0. The van der Waals surface area contributed by atoms with Gasteiger partial charge in [0, 0.05) is 37.8 Å². The lowest BCUT2D eigenvalue weighted by atomic mass is 9.88. The molecule has 26 heavy (non-hydrogen) atoms. The number of hydrogen-bond donors (Lipinski definition) is 1. The molecule has 2 heterocycles. The van der Waals surface area contributed by atoms with E-state index in [-0.39, 0.29) is 23.8 Å². The maximum Gasteiger partial charge on any atom is 0.223 e. The Bertz CT molecular complexity index is 714. The van der Waals surface area contributed by atoms with Gasteiger partial charge in [0.25, 0.3) is 0 Å². The van der Waals surface area contributed by atoms with E-state index in [4.69, 9.17) is 4.42 Å². The highest BCUT2D eigenvalue weighted by molar-refractivity contribution is 5.76. The molecule has 1 aromatic carbocycles. The topological polar surface area (TPSA) is 79.5 Å². The Morgan fingerprint density at radius 3 is 2.77 bits per heavy atom. The van der Waals surface area contributed by atoms with E-state index in [2.05, 4.69) is 22.3 Å². The van der Waals surface area contributed by atoms with Gasteiger partial charge in [0.15, 0.2) is 0 Å². The summed E-state index contributed by atoms with van der Waals surface area (Å²) in [6, 6.07) is 10.1. The van der Waals surface area contributed by atoms with Crippen LogP contribution in [-0.2, 0) is 17.6 Å². The van der Waals surface area contributed by atoms with Gasteiger partial charge in [-0.2, -0.15) is 0 Å². The van der Waals surface area contributed by atoms with Crippen molar-refractivity contribution in [1.29, 1.82) is 0 Å². The van der Waals surface area contributed by atoms with Gasteiger partial charge in [-0.3, -0.25) is 4.79 Å². The highest BCUT2D eigenvalue weighted by Gasteiger charge is 2.30. The molecule has 1 N–H and O–H groups in total. The number of piperidine rings is 1. The Kier molecular flexibility index (Phi) is 6.04. The predicted octanol–water partition coefficient (Wildman–Crippen LogP) is 2.58. The zero-order chi connectivity index (χ0) is 18.5. The first-order chi connectivity index (χ1) is 12.5. The van der Waals surface area contributed by atoms with Gasteiger partial charge in [-0.1, -0.05) is 44.2 Å². The van der Waals surface area contributed by atoms with Crippen molar-refractivity contribution in [3.8, 4) is 0 Å². The average Bonchev–Trinajstić information content (AvgIpc) is 3.12. The molecular weight excluding hydrogens is 330 g/mol. The van der Waals surface area contributed by atoms with Crippen LogP contribution in [0.4, 0.5) is 0 Å². The second-order valence-corrected chi connectivity index (χ2v) is 7.33. The van der Waals surface area contributed by atoms with Gasteiger partial charge in [0.1, 0.15) is 0 Å². The lowest BCUT2D eigenvalue weighted by Crippen LogP contribution is -2.46. The fraction of sp³-hybridized carbons (Fsp3) is 0.550. The molecule has 3 rings (SSSR count). The van der Waals surface area contributed by atoms with E-state index in [0.717, 1.165) is 6.42 Å². The molecular formula is C20H27N3O3. The summed E-state index contributed by atoms with van der Waals surface area (Å²) < 4.78 is 5.57. The summed E-state index contributed by atoms with van der Waals surface area (Å²) in [6.45, 7) is 5.19. The van der Waals surface area contributed by atoms with Crippen LogP contribution in [0.5, 0.6) is 0 Å². The van der Waals surface area contributed by atoms with E-state index >= 15 is 0 Å². The van der Waals surface area contributed by atoms with Gasteiger partial charge in [0.2, 0.25) is 17.7 Å². The molecule has 1 aromatic heterocycles. The number of carbonyl (C=O) groups excluding carboxylic acids is 1. The Hall–Kier alpha value is -2.21. The molecule has 0 aliphatic carbocycles. The molecule has 1 fully saturated rings. The van der Waals surface area contributed by atoms with Crippen LogP contribution in [0.1, 0.15) is 50.0 Å². The van der Waals surface area contributed by atoms with Crippen LogP contribution < -0.4 is 0 Å². The highest BCUT2D eigenvalue weighted by Crippen LogP contribution is 2.22. The summed E-state index contributed by atoms with van der Waals surface area (Å²) in [7, 11) is 0. The lowest BCUT2D eigenvalue weighted by Gasteiger charge is -2.36. The third-order valence-corrected chi connectivity index (χ3v) is 4.92. The molecule has 1 saturated heterocycles. The van der Waals surface area contributed by atoms with Gasteiger partial charge in [0.05, 0.1) is 6.10 Å². The van der Waals surface area contributed by atoms with Gasteiger partial charge >= 0.3 is 0 Å². The Morgan fingerprint density at radius 1 is 1.31 bits per heavy atom. The molecule has 0 saturated carbocycles. The van der Waals surface area contributed by atoms with E-state index < -0.39 is 0 Å².